The lowest BCUT2D eigenvalue weighted by atomic mass is 10.2. The summed E-state index contributed by atoms with van der Waals surface area (Å²) in [6.45, 7) is 4.00. The Kier molecular flexibility index (Phi) is 3.74. The molecule has 1 aliphatic rings. The van der Waals surface area contributed by atoms with Crippen molar-refractivity contribution in [1.82, 2.24) is 0 Å². The predicted molar refractivity (Wildman–Crippen MR) is 58.5 cm³/mol. The summed E-state index contributed by atoms with van der Waals surface area (Å²) in [5.74, 6) is 0. The molecule has 1 heterocycles. The van der Waals surface area contributed by atoms with E-state index in [4.69, 9.17) is 0 Å². The Bertz CT molecular complexity index is 355. The summed E-state index contributed by atoms with van der Waals surface area (Å²) < 4.78 is 0. The summed E-state index contributed by atoms with van der Waals surface area (Å²) in [7, 11) is 0. The molecule has 0 spiro atoms. The Morgan fingerprint density at radius 3 is 2.77 bits per heavy atom. The van der Waals surface area contributed by atoms with Gasteiger partial charge in [-0.1, -0.05) is 32.0 Å². The van der Waals surface area contributed by atoms with Gasteiger partial charge in [-0.15, -0.1) is 5.73 Å². The molecule has 1 aromatic carbocycles. The number of hydrogen-bond acceptors (Lipinski definition) is 1. The van der Waals surface area contributed by atoms with E-state index in [1.807, 2.05) is 44.2 Å². The van der Waals surface area contributed by atoms with Crippen LogP contribution in [0.5, 0.6) is 0 Å². The highest BCUT2D eigenvalue weighted by molar-refractivity contribution is 5.80. The molecule has 2 rings (SSSR count). The summed E-state index contributed by atoms with van der Waals surface area (Å²) in [5.41, 5.74) is 5.13. The van der Waals surface area contributed by atoms with Crippen molar-refractivity contribution in [1.29, 1.82) is 0 Å². The number of aliphatic imine (C=N–C) groups is 1. The number of para-hydroxylation sites is 1. The van der Waals surface area contributed by atoms with Crippen LogP contribution in [-0.4, -0.2) is 6.21 Å². The second-order valence-corrected chi connectivity index (χ2v) is 2.31. The molecule has 0 N–H and O–H groups in total. The van der Waals surface area contributed by atoms with Crippen molar-refractivity contribution in [2.45, 2.75) is 13.8 Å². The van der Waals surface area contributed by atoms with Crippen LogP contribution >= 0.6 is 0 Å². The van der Waals surface area contributed by atoms with Gasteiger partial charge in [0.15, 0.2) is 0 Å². The Labute approximate surface area is 79.1 Å². The maximum Gasteiger partial charge on any atom is 0.0708 e. The smallest absolute Gasteiger partial charge is 0.0708 e. The van der Waals surface area contributed by atoms with Gasteiger partial charge in [0.1, 0.15) is 0 Å². The van der Waals surface area contributed by atoms with Gasteiger partial charge in [0.2, 0.25) is 0 Å². The molecule has 0 radical (unpaired) electrons. The standard InChI is InChI=1S/C10H7N.C2H6/c1-2-7-10-9(5-1)6-3-4-8-11-10;1-2/h1-2,4-8H;1-2H3. The normalized spacial score (nSPS) is 11.2. The van der Waals surface area contributed by atoms with Crippen molar-refractivity contribution >= 4 is 18.0 Å². The molecule has 0 bridgehead atoms. The van der Waals surface area contributed by atoms with Crippen molar-refractivity contribution < 1.29 is 0 Å². The topological polar surface area (TPSA) is 12.4 Å². The average Bonchev–Trinajstić information content (AvgIpc) is 2.45. The number of benzene rings is 1. The molecular weight excluding hydrogens is 158 g/mol. The molecule has 0 atom stereocenters. The number of hydrogen-bond donors (Lipinski definition) is 0. The van der Waals surface area contributed by atoms with E-state index in [9.17, 15) is 0 Å². The predicted octanol–water partition coefficient (Wildman–Crippen LogP) is 3.60. The van der Waals surface area contributed by atoms with Crippen molar-refractivity contribution in [3.05, 3.63) is 41.6 Å². The van der Waals surface area contributed by atoms with Crippen LogP contribution in [0.25, 0.3) is 6.08 Å². The van der Waals surface area contributed by atoms with E-state index in [-0.39, 0.29) is 0 Å². The average molecular weight is 171 g/mol. The fourth-order valence-corrected chi connectivity index (χ4v) is 1.03. The van der Waals surface area contributed by atoms with E-state index in [1.165, 1.54) is 0 Å². The van der Waals surface area contributed by atoms with E-state index in [1.54, 1.807) is 12.3 Å². The Morgan fingerprint density at radius 2 is 1.92 bits per heavy atom. The lowest BCUT2D eigenvalue weighted by Crippen LogP contribution is -1.70. The van der Waals surface area contributed by atoms with Crippen LogP contribution in [0.2, 0.25) is 0 Å². The summed E-state index contributed by atoms with van der Waals surface area (Å²) in [4.78, 5) is 4.21. The number of rotatable bonds is 0. The third-order valence-electron chi connectivity index (χ3n) is 1.56. The van der Waals surface area contributed by atoms with Gasteiger partial charge in [0.25, 0.3) is 0 Å². The first-order valence-corrected chi connectivity index (χ1v) is 4.51. The fourth-order valence-electron chi connectivity index (χ4n) is 1.03. The van der Waals surface area contributed by atoms with Gasteiger partial charge in [0.05, 0.1) is 5.69 Å². The Morgan fingerprint density at radius 1 is 1.15 bits per heavy atom. The van der Waals surface area contributed by atoms with E-state index in [2.05, 4.69) is 10.7 Å². The molecule has 0 aliphatic carbocycles. The lowest BCUT2D eigenvalue weighted by Gasteiger charge is -1.95. The number of fused-ring (bicyclic) bond motifs is 1. The van der Waals surface area contributed by atoms with Crippen molar-refractivity contribution in [2.24, 2.45) is 4.99 Å². The summed E-state index contributed by atoms with van der Waals surface area (Å²) in [6, 6.07) is 8.00. The van der Waals surface area contributed by atoms with Gasteiger partial charge < -0.3 is 0 Å². The fraction of sp³-hybridized carbons (Fsp3) is 0.167. The van der Waals surface area contributed by atoms with Crippen molar-refractivity contribution in [3.8, 4) is 0 Å². The minimum Gasteiger partial charge on any atom is -0.256 e. The van der Waals surface area contributed by atoms with Crippen LogP contribution < -0.4 is 0 Å². The van der Waals surface area contributed by atoms with Crippen LogP contribution in [0.3, 0.4) is 0 Å². The zero-order chi connectivity index (χ0) is 9.52. The maximum atomic E-state index is 4.21. The Hall–Kier alpha value is -1.59. The first kappa shape index (κ1) is 9.50. The minimum absolute atomic E-state index is 1.01. The minimum atomic E-state index is 1.01. The number of allylic oxidation sites excluding steroid dienone is 1. The molecule has 13 heavy (non-hydrogen) atoms. The molecule has 1 aromatic rings. The van der Waals surface area contributed by atoms with E-state index in [0.717, 1.165) is 11.3 Å². The van der Waals surface area contributed by atoms with Crippen LogP contribution in [0.15, 0.2) is 41.1 Å². The van der Waals surface area contributed by atoms with Crippen LogP contribution in [0.4, 0.5) is 5.69 Å². The molecule has 1 heteroatoms. The molecule has 1 nitrogen and oxygen atoms in total. The van der Waals surface area contributed by atoms with Gasteiger partial charge >= 0.3 is 0 Å². The maximum absolute atomic E-state index is 4.21. The zero-order valence-corrected chi connectivity index (χ0v) is 7.99. The van der Waals surface area contributed by atoms with Gasteiger partial charge in [0, 0.05) is 11.8 Å². The highest BCUT2D eigenvalue weighted by atomic mass is 14.7. The quantitative estimate of drug-likeness (QED) is 0.529. The van der Waals surface area contributed by atoms with Gasteiger partial charge in [-0.2, -0.15) is 0 Å². The third kappa shape index (κ3) is 2.43. The molecule has 0 fully saturated rings. The molecule has 0 aromatic heterocycles. The van der Waals surface area contributed by atoms with Crippen LogP contribution in [-0.2, 0) is 0 Å². The first-order valence-electron chi connectivity index (χ1n) is 4.51. The van der Waals surface area contributed by atoms with Crippen molar-refractivity contribution in [3.63, 3.8) is 0 Å². The number of nitrogens with zero attached hydrogens (tertiary/aromatic N) is 1. The SMILES string of the molecule is C1=CC=Nc2ccccc2C=1.CC. The van der Waals surface area contributed by atoms with E-state index >= 15 is 0 Å². The molecule has 0 unspecified atom stereocenters. The largest absolute Gasteiger partial charge is 0.256 e. The summed E-state index contributed by atoms with van der Waals surface area (Å²) in [6.07, 6.45) is 5.49. The van der Waals surface area contributed by atoms with E-state index in [0.29, 0.717) is 0 Å². The van der Waals surface area contributed by atoms with Gasteiger partial charge in [-0.3, -0.25) is 4.99 Å². The van der Waals surface area contributed by atoms with Crippen LogP contribution in [0, 0.1) is 0 Å². The van der Waals surface area contributed by atoms with Crippen molar-refractivity contribution in [2.75, 3.05) is 0 Å². The lowest BCUT2D eigenvalue weighted by molar-refractivity contribution is 1.50. The molecule has 0 saturated carbocycles. The van der Waals surface area contributed by atoms with Crippen LogP contribution in [0.1, 0.15) is 19.4 Å². The molecule has 1 aliphatic heterocycles. The molecule has 0 amide bonds. The molecule has 66 valence electrons. The second-order valence-electron chi connectivity index (χ2n) is 2.31. The van der Waals surface area contributed by atoms with E-state index < -0.39 is 0 Å². The summed E-state index contributed by atoms with van der Waals surface area (Å²) in [5, 5.41) is 0. The zero-order valence-electron chi connectivity index (χ0n) is 7.99. The monoisotopic (exact) mass is 171 g/mol. The third-order valence-corrected chi connectivity index (χ3v) is 1.56. The Balaban J connectivity index is 0.000000396. The highest BCUT2D eigenvalue weighted by Gasteiger charge is 1.94. The van der Waals surface area contributed by atoms with Gasteiger partial charge in [-0.05, 0) is 18.2 Å². The summed E-state index contributed by atoms with van der Waals surface area (Å²) >= 11 is 0. The first-order chi connectivity index (χ1) is 6.47. The molecule has 0 saturated heterocycles. The second kappa shape index (κ2) is 5.13. The molecular formula is C12H13N. The highest BCUT2D eigenvalue weighted by Crippen LogP contribution is 2.19. The van der Waals surface area contributed by atoms with Gasteiger partial charge in [-0.25, -0.2) is 0 Å².